The highest BCUT2D eigenvalue weighted by Crippen LogP contribution is 2.36. The van der Waals surface area contributed by atoms with Gasteiger partial charge in [0.05, 0.1) is 18.3 Å². The van der Waals surface area contributed by atoms with Crippen LogP contribution in [0.3, 0.4) is 0 Å². The molecular weight excluding hydrogens is 388 g/mol. The molecule has 0 N–H and O–H groups in total. The van der Waals surface area contributed by atoms with E-state index < -0.39 is 12.0 Å². The first-order valence-electron chi connectivity index (χ1n) is 9.67. The van der Waals surface area contributed by atoms with Gasteiger partial charge in [-0.05, 0) is 51.3 Å². The quantitative estimate of drug-likeness (QED) is 0.428. The Balaban J connectivity index is 2.02. The molecule has 1 atom stereocenters. The maximum atomic E-state index is 13.3. The molecule has 2 heterocycles. The van der Waals surface area contributed by atoms with Gasteiger partial charge < -0.3 is 9.47 Å². The van der Waals surface area contributed by atoms with Crippen molar-refractivity contribution < 1.29 is 14.3 Å². The van der Waals surface area contributed by atoms with Gasteiger partial charge in [-0.3, -0.25) is 9.36 Å². The average Bonchev–Trinajstić information content (AvgIpc) is 3.04. The number of benzene rings is 1. The maximum absolute atomic E-state index is 13.3. The minimum absolute atomic E-state index is 0.160. The first-order valence-corrected chi connectivity index (χ1v) is 10.5. The lowest BCUT2D eigenvalue weighted by Crippen LogP contribution is -2.30. The summed E-state index contributed by atoms with van der Waals surface area (Å²) in [6, 6.07) is 5.40. The Morgan fingerprint density at radius 2 is 1.97 bits per heavy atom. The molecule has 0 saturated carbocycles. The fourth-order valence-electron chi connectivity index (χ4n) is 3.22. The largest absolute Gasteiger partial charge is 0.462 e. The number of nitrogens with zero attached hydrogens (tertiary/aromatic N) is 2. The third-order valence-corrected chi connectivity index (χ3v) is 6.06. The molecule has 3 rings (SSSR count). The van der Waals surface area contributed by atoms with Gasteiger partial charge in [0.1, 0.15) is 17.5 Å². The Morgan fingerprint density at radius 3 is 2.66 bits per heavy atom. The number of esters is 1. The summed E-state index contributed by atoms with van der Waals surface area (Å²) in [5.41, 5.74) is 4.00. The highest BCUT2D eigenvalue weighted by atomic mass is 32.1. The van der Waals surface area contributed by atoms with Crippen LogP contribution in [-0.2, 0) is 14.3 Å². The van der Waals surface area contributed by atoms with Crippen LogP contribution in [0.4, 0.5) is 0 Å². The predicted molar refractivity (Wildman–Crippen MR) is 116 cm³/mol. The summed E-state index contributed by atoms with van der Waals surface area (Å²) >= 11 is 1.49. The number of fused-ring (bicyclic) bond motifs is 1. The van der Waals surface area contributed by atoms with Crippen molar-refractivity contribution in [2.75, 3.05) is 19.8 Å². The summed E-state index contributed by atoms with van der Waals surface area (Å²) in [5.74, 6) is -0.479. The molecule has 3 aromatic rings. The first-order chi connectivity index (χ1) is 13.8. The summed E-state index contributed by atoms with van der Waals surface area (Å²) in [4.78, 5) is 31.8. The van der Waals surface area contributed by atoms with Crippen LogP contribution in [0.5, 0.6) is 0 Å². The zero-order valence-electron chi connectivity index (χ0n) is 17.4. The molecule has 0 aliphatic rings. The van der Waals surface area contributed by atoms with Gasteiger partial charge in [0, 0.05) is 17.0 Å². The second kappa shape index (κ2) is 8.88. The third kappa shape index (κ3) is 4.26. The number of thiophene rings is 1. The molecule has 0 amide bonds. The molecule has 0 bridgehead atoms. The Hall–Kier alpha value is -2.51. The number of carbonyl (C=O) groups is 1. The second-order valence-electron chi connectivity index (χ2n) is 7.01. The van der Waals surface area contributed by atoms with Gasteiger partial charge in [-0.2, -0.15) is 0 Å². The molecular formula is C22H26N2O4S. The number of aromatic nitrogens is 2. The molecule has 2 aromatic heterocycles. The van der Waals surface area contributed by atoms with Crippen LogP contribution in [-0.4, -0.2) is 35.3 Å². The second-order valence-corrected chi connectivity index (χ2v) is 8.21. The van der Waals surface area contributed by atoms with Crippen LogP contribution in [0.15, 0.2) is 29.3 Å². The van der Waals surface area contributed by atoms with Gasteiger partial charge in [-0.25, -0.2) is 9.78 Å². The number of hydrogen-bond donors (Lipinski definition) is 0. The van der Waals surface area contributed by atoms with E-state index >= 15 is 0 Å². The van der Waals surface area contributed by atoms with E-state index in [0.29, 0.717) is 23.4 Å². The zero-order chi connectivity index (χ0) is 21.1. The van der Waals surface area contributed by atoms with Gasteiger partial charge in [-0.1, -0.05) is 18.2 Å². The van der Waals surface area contributed by atoms with Gasteiger partial charge in [0.2, 0.25) is 0 Å². The van der Waals surface area contributed by atoms with Crippen LogP contribution < -0.4 is 5.56 Å². The standard InChI is InChI=1S/C22H26N2O4S/c1-6-27-9-10-28-22(26)15(4)24-12-23-20-19(21(24)25)18(16(5)29-20)17-8-7-13(2)14(3)11-17/h7-8,11-12,15H,6,9-10H2,1-5H3. The molecule has 0 aliphatic heterocycles. The van der Waals surface area contributed by atoms with Crippen molar-refractivity contribution in [2.45, 2.75) is 40.7 Å². The molecule has 7 heteroatoms. The van der Waals surface area contributed by atoms with Crippen molar-refractivity contribution in [3.63, 3.8) is 0 Å². The molecule has 0 spiro atoms. The molecule has 6 nitrogen and oxygen atoms in total. The minimum Gasteiger partial charge on any atom is -0.462 e. The molecule has 0 saturated heterocycles. The molecule has 0 radical (unpaired) electrons. The Bertz CT molecular complexity index is 1100. The Morgan fingerprint density at radius 1 is 1.21 bits per heavy atom. The SMILES string of the molecule is CCOCCOC(=O)C(C)n1cnc2sc(C)c(-c3ccc(C)c(C)c3)c2c1=O. The Kier molecular flexibility index (Phi) is 6.49. The molecule has 0 fully saturated rings. The van der Waals surface area contributed by atoms with Crippen molar-refractivity contribution in [1.82, 2.24) is 9.55 Å². The van der Waals surface area contributed by atoms with Crippen LogP contribution >= 0.6 is 11.3 Å². The number of rotatable bonds is 7. The van der Waals surface area contributed by atoms with Crippen LogP contribution in [0.25, 0.3) is 21.3 Å². The van der Waals surface area contributed by atoms with Crippen molar-refractivity contribution >= 4 is 27.5 Å². The summed E-state index contributed by atoms with van der Waals surface area (Å²) in [6.07, 6.45) is 1.43. The molecule has 1 aromatic carbocycles. The van der Waals surface area contributed by atoms with E-state index in [-0.39, 0.29) is 12.2 Å². The fourth-order valence-corrected chi connectivity index (χ4v) is 4.22. The van der Waals surface area contributed by atoms with Crippen molar-refractivity contribution in [1.29, 1.82) is 0 Å². The van der Waals surface area contributed by atoms with E-state index in [1.54, 1.807) is 6.92 Å². The van der Waals surface area contributed by atoms with Crippen molar-refractivity contribution in [2.24, 2.45) is 0 Å². The van der Waals surface area contributed by atoms with Gasteiger partial charge >= 0.3 is 5.97 Å². The molecule has 29 heavy (non-hydrogen) atoms. The lowest BCUT2D eigenvalue weighted by atomic mass is 9.99. The zero-order valence-corrected chi connectivity index (χ0v) is 18.3. The van der Waals surface area contributed by atoms with Crippen molar-refractivity contribution in [3.8, 4) is 11.1 Å². The number of aryl methyl sites for hydroxylation is 3. The smallest absolute Gasteiger partial charge is 0.329 e. The van der Waals surface area contributed by atoms with Crippen LogP contribution in [0.2, 0.25) is 0 Å². The van der Waals surface area contributed by atoms with Gasteiger partial charge in [0.25, 0.3) is 5.56 Å². The lowest BCUT2D eigenvalue weighted by Gasteiger charge is -2.14. The highest BCUT2D eigenvalue weighted by molar-refractivity contribution is 7.19. The van der Waals surface area contributed by atoms with E-state index in [1.807, 2.05) is 19.9 Å². The van der Waals surface area contributed by atoms with E-state index in [4.69, 9.17) is 9.47 Å². The van der Waals surface area contributed by atoms with E-state index in [2.05, 4.69) is 31.0 Å². The van der Waals surface area contributed by atoms with Gasteiger partial charge in [-0.15, -0.1) is 11.3 Å². The number of ether oxygens (including phenoxy) is 2. The summed E-state index contributed by atoms with van der Waals surface area (Å²) in [6.45, 7) is 10.7. The molecule has 1 unspecified atom stereocenters. The monoisotopic (exact) mass is 414 g/mol. The summed E-state index contributed by atoms with van der Waals surface area (Å²) in [7, 11) is 0. The van der Waals surface area contributed by atoms with Crippen LogP contribution in [0.1, 0.15) is 35.9 Å². The Labute approximate surface area is 174 Å². The number of hydrogen-bond acceptors (Lipinski definition) is 6. The topological polar surface area (TPSA) is 70.4 Å². The number of carbonyl (C=O) groups excluding carboxylic acids is 1. The summed E-state index contributed by atoms with van der Waals surface area (Å²) < 4.78 is 11.8. The third-order valence-electron chi connectivity index (χ3n) is 5.04. The first kappa shape index (κ1) is 21.2. The average molecular weight is 415 g/mol. The predicted octanol–water partition coefficient (Wildman–Crippen LogP) is 4.19. The normalized spacial score (nSPS) is 12.3. The molecule has 154 valence electrons. The van der Waals surface area contributed by atoms with E-state index in [9.17, 15) is 9.59 Å². The minimum atomic E-state index is -0.770. The maximum Gasteiger partial charge on any atom is 0.329 e. The fraction of sp³-hybridized carbons (Fsp3) is 0.409. The van der Waals surface area contributed by atoms with Crippen LogP contribution in [0, 0.1) is 20.8 Å². The highest BCUT2D eigenvalue weighted by Gasteiger charge is 2.22. The molecule has 0 aliphatic carbocycles. The van der Waals surface area contributed by atoms with Crippen molar-refractivity contribution in [3.05, 3.63) is 50.9 Å². The van der Waals surface area contributed by atoms with E-state index in [0.717, 1.165) is 21.6 Å². The van der Waals surface area contributed by atoms with Gasteiger partial charge in [0.15, 0.2) is 0 Å². The van der Waals surface area contributed by atoms with E-state index in [1.165, 1.54) is 27.8 Å². The summed E-state index contributed by atoms with van der Waals surface area (Å²) in [5, 5.41) is 0.548. The lowest BCUT2D eigenvalue weighted by molar-refractivity contribution is -0.148.